The Labute approximate surface area is 115 Å². The molecule has 1 fully saturated rings. The Kier molecular flexibility index (Phi) is 4.81. The Hall–Kier alpha value is -1.53. The molecule has 1 aliphatic rings. The Bertz CT molecular complexity index is 447. The molecule has 1 aliphatic heterocycles. The minimum Gasteiger partial charge on any atom is -0.493 e. The minimum absolute atomic E-state index is 0.707. The molecule has 1 saturated heterocycles. The van der Waals surface area contributed by atoms with E-state index in [9.17, 15) is 0 Å². The second-order valence-electron chi connectivity index (χ2n) is 5.40. The van der Waals surface area contributed by atoms with E-state index >= 15 is 0 Å². The molecule has 1 unspecified atom stereocenters. The number of nitriles is 1. The number of hydrogen-bond acceptors (Lipinski definition) is 3. The molecule has 1 heterocycles. The van der Waals surface area contributed by atoms with Crippen molar-refractivity contribution in [3.63, 3.8) is 0 Å². The van der Waals surface area contributed by atoms with Crippen molar-refractivity contribution in [2.75, 3.05) is 19.7 Å². The fourth-order valence-corrected chi connectivity index (χ4v) is 2.74. The second kappa shape index (κ2) is 6.58. The van der Waals surface area contributed by atoms with Crippen LogP contribution in [0.25, 0.3) is 0 Å². The van der Waals surface area contributed by atoms with Crippen molar-refractivity contribution in [1.29, 1.82) is 5.26 Å². The fraction of sp³-hybridized carbons (Fsp3) is 0.562. The van der Waals surface area contributed by atoms with Gasteiger partial charge in [0.2, 0.25) is 0 Å². The summed E-state index contributed by atoms with van der Waals surface area (Å²) in [5.41, 5.74) is 2.82. The molecule has 102 valence electrons. The lowest BCUT2D eigenvalue weighted by molar-refractivity contribution is 0.252. The SMILES string of the molecule is Cc1cc(C#N)cc(C)c1OCCC1CCCNC1. The van der Waals surface area contributed by atoms with Gasteiger partial charge in [-0.3, -0.25) is 0 Å². The van der Waals surface area contributed by atoms with Crippen molar-refractivity contribution in [2.45, 2.75) is 33.1 Å². The predicted molar refractivity (Wildman–Crippen MR) is 76.3 cm³/mol. The van der Waals surface area contributed by atoms with Crippen molar-refractivity contribution >= 4 is 0 Å². The van der Waals surface area contributed by atoms with Crippen LogP contribution in [0, 0.1) is 31.1 Å². The van der Waals surface area contributed by atoms with Gasteiger partial charge in [-0.25, -0.2) is 0 Å². The van der Waals surface area contributed by atoms with Gasteiger partial charge < -0.3 is 10.1 Å². The summed E-state index contributed by atoms with van der Waals surface area (Å²) in [6, 6.07) is 5.97. The zero-order chi connectivity index (χ0) is 13.7. The van der Waals surface area contributed by atoms with Crippen molar-refractivity contribution in [3.8, 4) is 11.8 Å². The summed E-state index contributed by atoms with van der Waals surface area (Å²) in [4.78, 5) is 0. The zero-order valence-corrected chi connectivity index (χ0v) is 11.8. The van der Waals surface area contributed by atoms with E-state index in [0.29, 0.717) is 5.56 Å². The number of ether oxygens (including phenoxy) is 1. The lowest BCUT2D eigenvalue weighted by Gasteiger charge is -2.23. The lowest BCUT2D eigenvalue weighted by Crippen LogP contribution is -2.30. The van der Waals surface area contributed by atoms with Gasteiger partial charge in [-0.15, -0.1) is 0 Å². The average Bonchev–Trinajstić information content (AvgIpc) is 2.42. The first kappa shape index (κ1) is 13.9. The molecule has 0 bridgehead atoms. The van der Waals surface area contributed by atoms with Gasteiger partial charge in [0, 0.05) is 0 Å². The van der Waals surface area contributed by atoms with Crippen LogP contribution in [0.3, 0.4) is 0 Å². The number of aryl methyl sites for hydroxylation is 2. The summed E-state index contributed by atoms with van der Waals surface area (Å²) in [6.45, 7) is 7.05. The molecule has 0 radical (unpaired) electrons. The van der Waals surface area contributed by atoms with Gasteiger partial charge in [-0.2, -0.15) is 5.26 Å². The third kappa shape index (κ3) is 3.71. The maximum absolute atomic E-state index is 8.93. The van der Waals surface area contributed by atoms with Gasteiger partial charge in [0.1, 0.15) is 5.75 Å². The molecule has 0 aliphatic carbocycles. The smallest absolute Gasteiger partial charge is 0.125 e. The highest BCUT2D eigenvalue weighted by atomic mass is 16.5. The zero-order valence-electron chi connectivity index (χ0n) is 11.8. The highest BCUT2D eigenvalue weighted by molar-refractivity contribution is 5.47. The molecule has 0 amide bonds. The quantitative estimate of drug-likeness (QED) is 0.903. The Morgan fingerprint density at radius 2 is 2.11 bits per heavy atom. The molecule has 3 nitrogen and oxygen atoms in total. The van der Waals surface area contributed by atoms with Crippen LogP contribution >= 0.6 is 0 Å². The van der Waals surface area contributed by atoms with Crippen LogP contribution < -0.4 is 10.1 Å². The Morgan fingerprint density at radius 1 is 1.37 bits per heavy atom. The minimum atomic E-state index is 0.707. The predicted octanol–water partition coefficient (Wildman–Crippen LogP) is 2.94. The maximum atomic E-state index is 8.93. The monoisotopic (exact) mass is 258 g/mol. The fourth-order valence-electron chi connectivity index (χ4n) is 2.74. The summed E-state index contributed by atoms with van der Waals surface area (Å²) in [5.74, 6) is 1.69. The number of nitrogens with one attached hydrogen (secondary N) is 1. The van der Waals surface area contributed by atoms with Crippen LogP contribution in [-0.2, 0) is 0 Å². The van der Waals surface area contributed by atoms with Gasteiger partial charge in [0.15, 0.2) is 0 Å². The van der Waals surface area contributed by atoms with E-state index in [1.165, 1.54) is 12.8 Å². The summed E-state index contributed by atoms with van der Waals surface area (Å²) >= 11 is 0. The molecule has 0 aromatic heterocycles. The maximum Gasteiger partial charge on any atom is 0.125 e. The van der Waals surface area contributed by atoms with E-state index in [4.69, 9.17) is 10.00 Å². The Morgan fingerprint density at radius 3 is 2.68 bits per heavy atom. The molecule has 1 aromatic carbocycles. The van der Waals surface area contributed by atoms with E-state index in [0.717, 1.165) is 48.9 Å². The third-order valence-electron chi connectivity index (χ3n) is 3.76. The molecule has 19 heavy (non-hydrogen) atoms. The van der Waals surface area contributed by atoms with E-state index in [1.807, 2.05) is 26.0 Å². The van der Waals surface area contributed by atoms with Crippen LogP contribution in [0.15, 0.2) is 12.1 Å². The van der Waals surface area contributed by atoms with E-state index < -0.39 is 0 Å². The standard InChI is InChI=1S/C16H22N2O/c1-12-8-15(10-17)9-13(2)16(12)19-7-5-14-4-3-6-18-11-14/h8-9,14,18H,3-7,11H2,1-2H3. The molecule has 1 N–H and O–H groups in total. The molecule has 0 spiro atoms. The topological polar surface area (TPSA) is 45.0 Å². The number of piperidine rings is 1. The number of nitrogens with zero attached hydrogens (tertiary/aromatic N) is 1. The first-order valence-corrected chi connectivity index (χ1v) is 7.05. The van der Waals surface area contributed by atoms with Gasteiger partial charge in [0.05, 0.1) is 18.2 Å². The number of benzene rings is 1. The van der Waals surface area contributed by atoms with Gasteiger partial charge in [-0.1, -0.05) is 0 Å². The van der Waals surface area contributed by atoms with E-state index in [1.54, 1.807) is 0 Å². The summed E-state index contributed by atoms with van der Waals surface area (Å²) < 4.78 is 5.93. The van der Waals surface area contributed by atoms with Crippen LogP contribution in [0.5, 0.6) is 5.75 Å². The Balaban J connectivity index is 1.90. The third-order valence-corrected chi connectivity index (χ3v) is 3.76. The van der Waals surface area contributed by atoms with Crippen molar-refractivity contribution in [3.05, 3.63) is 28.8 Å². The largest absolute Gasteiger partial charge is 0.493 e. The lowest BCUT2D eigenvalue weighted by atomic mass is 9.97. The second-order valence-corrected chi connectivity index (χ2v) is 5.40. The number of hydrogen-bond donors (Lipinski definition) is 1. The van der Waals surface area contributed by atoms with Crippen LogP contribution in [0.1, 0.15) is 36.0 Å². The number of rotatable bonds is 4. The molecule has 1 atom stereocenters. The van der Waals surface area contributed by atoms with Gasteiger partial charge in [-0.05, 0) is 75.4 Å². The van der Waals surface area contributed by atoms with Gasteiger partial charge >= 0.3 is 0 Å². The van der Waals surface area contributed by atoms with Crippen LogP contribution in [0.2, 0.25) is 0 Å². The summed E-state index contributed by atoms with van der Waals surface area (Å²) in [7, 11) is 0. The van der Waals surface area contributed by atoms with E-state index in [2.05, 4.69) is 11.4 Å². The van der Waals surface area contributed by atoms with Crippen molar-refractivity contribution < 1.29 is 4.74 Å². The van der Waals surface area contributed by atoms with Crippen LogP contribution in [-0.4, -0.2) is 19.7 Å². The average molecular weight is 258 g/mol. The summed E-state index contributed by atoms with van der Waals surface area (Å²) in [5, 5.41) is 12.4. The van der Waals surface area contributed by atoms with Crippen molar-refractivity contribution in [2.24, 2.45) is 5.92 Å². The molecule has 0 saturated carbocycles. The first-order chi connectivity index (χ1) is 9.20. The molecule has 1 aromatic rings. The molecule has 3 heteroatoms. The van der Waals surface area contributed by atoms with Crippen LogP contribution in [0.4, 0.5) is 0 Å². The van der Waals surface area contributed by atoms with Gasteiger partial charge in [0.25, 0.3) is 0 Å². The highest BCUT2D eigenvalue weighted by Gasteiger charge is 2.13. The van der Waals surface area contributed by atoms with E-state index in [-0.39, 0.29) is 0 Å². The molecule has 2 rings (SSSR count). The normalized spacial score (nSPS) is 18.9. The highest BCUT2D eigenvalue weighted by Crippen LogP contribution is 2.25. The summed E-state index contributed by atoms with van der Waals surface area (Å²) in [6.07, 6.45) is 3.69. The molecular weight excluding hydrogens is 236 g/mol. The molecular formula is C16H22N2O. The first-order valence-electron chi connectivity index (χ1n) is 7.05. The van der Waals surface area contributed by atoms with Crippen molar-refractivity contribution in [1.82, 2.24) is 5.32 Å².